The lowest BCUT2D eigenvalue weighted by Crippen LogP contribution is -2.39. The molecule has 114 valence electrons. The highest BCUT2D eigenvalue weighted by molar-refractivity contribution is 5.79. The van der Waals surface area contributed by atoms with Crippen molar-refractivity contribution in [2.75, 3.05) is 6.54 Å². The molecular weight excluding hydrogens is 279 g/mol. The summed E-state index contributed by atoms with van der Waals surface area (Å²) in [5, 5.41) is 0. The lowest BCUT2D eigenvalue weighted by Gasteiger charge is -2.36. The molecule has 3 rings (SSSR count). The van der Waals surface area contributed by atoms with Crippen LogP contribution in [0.2, 0.25) is 0 Å². The van der Waals surface area contributed by atoms with Crippen LogP contribution in [0.15, 0.2) is 48.8 Å². The molecule has 1 aromatic carbocycles. The van der Waals surface area contributed by atoms with E-state index in [4.69, 9.17) is 0 Å². The number of piperidine rings is 1. The molecule has 1 saturated heterocycles. The van der Waals surface area contributed by atoms with Crippen LogP contribution in [0.5, 0.6) is 0 Å². The van der Waals surface area contributed by atoms with E-state index in [-0.39, 0.29) is 17.8 Å². The summed E-state index contributed by atoms with van der Waals surface area (Å²) in [4.78, 5) is 18.6. The topological polar surface area (TPSA) is 33.2 Å². The van der Waals surface area contributed by atoms with E-state index in [0.29, 0.717) is 6.42 Å². The fourth-order valence-corrected chi connectivity index (χ4v) is 3.04. The minimum absolute atomic E-state index is 0.0542. The summed E-state index contributed by atoms with van der Waals surface area (Å²) in [6, 6.07) is 10.3. The standard InChI is InChI=1S/C18H19FN2O/c19-16-8-6-15(7-9-16)17-5-1-2-11-21(17)18(22)12-14-4-3-10-20-13-14/h3-4,6-10,13,17H,1-2,5,11-12H2. The third-order valence-corrected chi connectivity index (χ3v) is 4.16. The molecule has 1 atom stereocenters. The second kappa shape index (κ2) is 6.69. The van der Waals surface area contributed by atoms with Crippen molar-refractivity contribution in [3.05, 3.63) is 65.7 Å². The fourth-order valence-electron chi connectivity index (χ4n) is 3.04. The summed E-state index contributed by atoms with van der Waals surface area (Å²) in [7, 11) is 0. The lowest BCUT2D eigenvalue weighted by atomic mass is 9.94. The van der Waals surface area contributed by atoms with Crippen molar-refractivity contribution in [3.63, 3.8) is 0 Å². The van der Waals surface area contributed by atoms with Crippen LogP contribution in [0.1, 0.15) is 36.4 Å². The maximum Gasteiger partial charge on any atom is 0.227 e. The summed E-state index contributed by atoms with van der Waals surface area (Å²) >= 11 is 0. The molecule has 1 aliphatic heterocycles. The first-order chi connectivity index (χ1) is 10.7. The predicted octanol–water partition coefficient (Wildman–Crippen LogP) is 3.52. The molecule has 2 heterocycles. The summed E-state index contributed by atoms with van der Waals surface area (Å²) in [5.74, 6) is -0.130. The van der Waals surface area contributed by atoms with E-state index in [0.717, 1.165) is 36.9 Å². The maximum atomic E-state index is 13.1. The number of aromatic nitrogens is 1. The van der Waals surface area contributed by atoms with Crippen molar-refractivity contribution < 1.29 is 9.18 Å². The van der Waals surface area contributed by atoms with Gasteiger partial charge in [0.2, 0.25) is 5.91 Å². The van der Waals surface area contributed by atoms with E-state index in [1.165, 1.54) is 12.1 Å². The summed E-state index contributed by atoms with van der Waals surface area (Å²) in [5.41, 5.74) is 1.94. The molecule has 0 radical (unpaired) electrons. The van der Waals surface area contributed by atoms with Crippen LogP contribution in [0.4, 0.5) is 4.39 Å². The molecule has 1 aliphatic rings. The van der Waals surface area contributed by atoms with Gasteiger partial charge in [-0.3, -0.25) is 9.78 Å². The lowest BCUT2D eigenvalue weighted by molar-refractivity contribution is -0.134. The Kier molecular flexibility index (Phi) is 4.47. The average Bonchev–Trinajstić information content (AvgIpc) is 2.56. The quantitative estimate of drug-likeness (QED) is 0.868. The minimum atomic E-state index is -0.243. The third kappa shape index (κ3) is 3.32. The van der Waals surface area contributed by atoms with E-state index in [2.05, 4.69) is 4.98 Å². The van der Waals surface area contributed by atoms with Crippen LogP contribution in [0, 0.1) is 5.82 Å². The van der Waals surface area contributed by atoms with Gasteiger partial charge in [0, 0.05) is 18.9 Å². The molecule has 2 aromatic rings. The van der Waals surface area contributed by atoms with Crippen molar-refractivity contribution in [3.8, 4) is 0 Å². The number of nitrogens with zero attached hydrogens (tertiary/aromatic N) is 2. The maximum absolute atomic E-state index is 13.1. The van der Waals surface area contributed by atoms with E-state index in [1.807, 2.05) is 17.0 Å². The second-order valence-electron chi connectivity index (χ2n) is 5.69. The molecule has 0 spiro atoms. The van der Waals surface area contributed by atoms with Crippen LogP contribution >= 0.6 is 0 Å². The van der Waals surface area contributed by atoms with Gasteiger partial charge in [-0.2, -0.15) is 0 Å². The monoisotopic (exact) mass is 298 g/mol. The molecule has 0 aliphatic carbocycles. The van der Waals surface area contributed by atoms with Crippen LogP contribution < -0.4 is 0 Å². The van der Waals surface area contributed by atoms with Gasteiger partial charge in [0.05, 0.1) is 12.5 Å². The highest BCUT2D eigenvalue weighted by Gasteiger charge is 2.27. The Labute approximate surface area is 129 Å². The van der Waals surface area contributed by atoms with E-state index in [9.17, 15) is 9.18 Å². The number of hydrogen-bond donors (Lipinski definition) is 0. The molecule has 0 bridgehead atoms. The molecule has 22 heavy (non-hydrogen) atoms. The first-order valence-corrected chi connectivity index (χ1v) is 7.68. The van der Waals surface area contributed by atoms with Crippen molar-refractivity contribution in [2.45, 2.75) is 31.7 Å². The van der Waals surface area contributed by atoms with Crippen molar-refractivity contribution in [1.82, 2.24) is 9.88 Å². The van der Waals surface area contributed by atoms with Gasteiger partial charge in [-0.05, 0) is 48.6 Å². The molecule has 1 amide bonds. The van der Waals surface area contributed by atoms with Gasteiger partial charge in [0.15, 0.2) is 0 Å². The molecule has 0 saturated carbocycles. The van der Waals surface area contributed by atoms with Gasteiger partial charge in [-0.15, -0.1) is 0 Å². The van der Waals surface area contributed by atoms with Crippen LogP contribution in [0.3, 0.4) is 0 Å². The number of carbonyl (C=O) groups excluding carboxylic acids is 1. The van der Waals surface area contributed by atoms with Crippen LogP contribution in [-0.4, -0.2) is 22.3 Å². The van der Waals surface area contributed by atoms with E-state index < -0.39 is 0 Å². The average molecular weight is 298 g/mol. The van der Waals surface area contributed by atoms with Gasteiger partial charge in [-0.25, -0.2) is 4.39 Å². The zero-order valence-electron chi connectivity index (χ0n) is 12.4. The van der Waals surface area contributed by atoms with Gasteiger partial charge in [0.1, 0.15) is 5.82 Å². The predicted molar refractivity (Wildman–Crippen MR) is 82.6 cm³/mol. The summed E-state index contributed by atoms with van der Waals surface area (Å²) in [6.45, 7) is 0.765. The van der Waals surface area contributed by atoms with Gasteiger partial charge >= 0.3 is 0 Å². The van der Waals surface area contributed by atoms with Crippen molar-refractivity contribution in [2.24, 2.45) is 0 Å². The zero-order valence-corrected chi connectivity index (χ0v) is 12.4. The molecular formula is C18H19FN2O. The highest BCUT2D eigenvalue weighted by atomic mass is 19.1. The first kappa shape index (κ1) is 14.7. The molecule has 1 fully saturated rings. The van der Waals surface area contributed by atoms with Crippen LogP contribution in [-0.2, 0) is 11.2 Å². The normalized spacial score (nSPS) is 18.2. The van der Waals surface area contributed by atoms with E-state index in [1.54, 1.807) is 24.5 Å². The largest absolute Gasteiger partial charge is 0.335 e. The number of carbonyl (C=O) groups is 1. The summed E-state index contributed by atoms with van der Waals surface area (Å²) < 4.78 is 13.1. The Morgan fingerprint density at radius 2 is 2.05 bits per heavy atom. The van der Waals surface area contributed by atoms with Gasteiger partial charge in [0.25, 0.3) is 0 Å². The molecule has 1 unspecified atom stereocenters. The zero-order chi connectivity index (χ0) is 15.4. The number of halogens is 1. The summed E-state index contributed by atoms with van der Waals surface area (Å²) in [6.07, 6.45) is 6.86. The highest BCUT2D eigenvalue weighted by Crippen LogP contribution is 2.31. The first-order valence-electron chi connectivity index (χ1n) is 7.68. The number of benzene rings is 1. The SMILES string of the molecule is O=C(Cc1cccnc1)N1CCCCC1c1ccc(F)cc1. The molecule has 1 aromatic heterocycles. The van der Waals surface area contributed by atoms with E-state index >= 15 is 0 Å². The van der Waals surface area contributed by atoms with Crippen LogP contribution in [0.25, 0.3) is 0 Å². The Hall–Kier alpha value is -2.23. The number of amides is 1. The smallest absolute Gasteiger partial charge is 0.227 e. The number of pyridine rings is 1. The van der Waals surface area contributed by atoms with Crippen molar-refractivity contribution >= 4 is 5.91 Å². The number of rotatable bonds is 3. The molecule has 3 nitrogen and oxygen atoms in total. The minimum Gasteiger partial charge on any atom is -0.335 e. The number of hydrogen-bond acceptors (Lipinski definition) is 2. The Morgan fingerprint density at radius 1 is 1.23 bits per heavy atom. The third-order valence-electron chi connectivity index (χ3n) is 4.16. The van der Waals surface area contributed by atoms with Gasteiger partial charge in [-0.1, -0.05) is 18.2 Å². The fraction of sp³-hybridized carbons (Fsp3) is 0.333. The Balaban J connectivity index is 1.77. The Bertz CT molecular complexity index is 627. The molecule has 4 heteroatoms. The van der Waals surface area contributed by atoms with Gasteiger partial charge < -0.3 is 4.90 Å². The molecule has 0 N–H and O–H groups in total. The second-order valence-corrected chi connectivity index (χ2v) is 5.69. The number of likely N-dealkylation sites (tertiary alicyclic amines) is 1. The van der Waals surface area contributed by atoms with Crippen molar-refractivity contribution in [1.29, 1.82) is 0 Å². The Morgan fingerprint density at radius 3 is 2.77 bits per heavy atom.